The minimum atomic E-state index is -0.101. The van der Waals surface area contributed by atoms with Crippen molar-refractivity contribution in [1.29, 1.82) is 0 Å². The van der Waals surface area contributed by atoms with Crippen LogP contribution >= 0.6 is 0 Å². The van der Waals surface area contributed by atoms with Crippen LogP contribution in [0.2, 0.25) is 0 Å². The van der Waals surface area contributed by atoms with Gasteiger partial charge in [0, 0.05) is 6.61 Å². The van der Waals surface area contributed by atoms with Gasteiger partial charge >= 0.3 is 0 Å². The van der Waals surface area contributed by atoms with E-state index in [1.165, 1.54) is 5.56 Å². The van der Waals surface area contributed by atoms with Crippen LogP contribution in [0.4, 0.5) is 0 Å². The molecule has 1 aliphatic rings. The van der Waals surface area contributed by atoms with Crippen LogP contribution in [0.15, 0.2) is 30.5 Å². The van der Waals surface area contributed by atoms with Crippen LogP contribution in [-0.4, -0.2) is 27.9 Å². The lowest BCUT2D eigenvalue weighted by atomic mass is 9.88. The molecule has 24 heavy (non-hydrogen) atoms. The van der Waals surface area contributed by atoms with Crippen molar-refractivity contribution in [2.24, 2.45) is 5.41 Å². The van der Waals surface area contributed by atoms with Gasteiger partial charge in [-0.15, -0.1) is 5.10 Å². The van der Waals surface area contributed by atoms with Gasteiger partial charge in [0.05, 0.1) is 24.2 Å². The molecule has 0 N–H and O–H groups in total. The predicted octanol–water partition coefficient (Wildman–Crippen LogP) is 3.90. The highest BCUT2D eigenvalue weighted by atomic mass is 16.7. The van der Waals surface area contributed by atoms with Gasteiger partial charge in [-0.2, -0.15) is 0 Å². The fourth-order valence-electron chi connectivity index (χ4n) is 2.96. The van der Waals surface area contributed by atoms with E-state index in [2.05, 4.69) is 55.3 Å². The Bertz CT molecular complexity index is 637. The van der Waals surface area contributed by atoms with E-state index in [-0.39, 0.29) is 11.7 Å². The van der Waals surface area contributed by atoms with Crippen molar-refractivity contribution >= 4 is 0 Å². The first-order chi connectivity index (χ1) is 11.5. The van der Waals surface area contributed by atoms with Crippen LogP contribution in [0.5, 0.6) is 0 Å². The lowest BCUT2D eigenvalue weighted by molar-refractivity contribution is -0.169. The van der Waals surface area contributed by atoms with Gasteiger partial charge in [-0.25, -0.2) is 4.68 Å². The predicted molar refractivity (Wildman–Crippen MR) is 92.9 cm³/mol. The number of nitrogens with zero attached hydrogens (tertiary/aromatic N) is 3. The quantitative estimate of drug-likeness (QED) is 0.835. The van der Waals surface area contributed by atoms with Crippen molar-refractivity contribution in [1.82, 2.24) is 15.0 Å². The molecule has 2 heterocycles. The van der Waals surface area contributed by atoms with E-state index in [0.29, 0.717) is 6.61 Å². The number of hydrogen-bond acceptors (Lipinski definition) is 4. The Hall–Kier alpha value is -1.72. The van der Waals surface area contributed by atoms with Crippen molar-refractivity contribution in [3.63, 3.8) is 0 Å². The highest BCUT2D eigenvalue weighted by molar-refractivity contribution is 5.35. The molecule has 0 spiro atoms. The van der Waals surface area contributed by atoms with E-state index in [1.807, 2.05) is 4.68 Å². The van der Waals surface area contributed by atoms with Crippen molar-refractivity contribution in [2.45, 2.75) is 59.4 Å². The molecule has 1 aliphatic heterocycles. The Kier molecular flexibility index (Phi) is 5.31. The lowest BCUT2D eigenvalue weighted by Crippen LogP contribution is -2.22. The molecule has 130 valence electrons. The van der Waals surface area contributed by atoms with Crippen molar-refractivity contribution in [3.05, 3.63) is 41.7 Å². The Morgan fingerprint density at radius 1 is 1.21 bits per heavy atom. The first kappa shape index (κ1) is 17.1. The molecule has 1 unspecified atom stereocenters. The van der Waals surface area contributed by atoms with Crippen LogP contribution in [-0.2, 0) is 22.5 Å². The van der Waals surface area contributed by atoms with E-state index < -0.39 is 0 Å². The average Bonchev–Trinajstić information content (AvgIpc) is 3.02. The summed E-state index contributed by atoms with van der Waals surface area (Å²) in [7, 11) is 0. The number of ether oxygens (including phenoxy) is 2. The van der Waals surface area contributed by atoms with E-state index in [1.54, 1.807) is 6.20 Å². The minimum absolute atomic E-state index is 0.101. The first-order valence-corrected chi connectivity index (χ1v) is 8.73. The summed E-state index contributed by atoms with van der Waals surface area (Å²) in [5, 5.41) is 8.24. The van der Waals surface area contributed by atoms with E-state index in [9.17, 15) is 0 Å². The number of hydrogen-bond donors (Lipinski definition) is 0. The summed E-state index contributed by atoms with van der Waals surface area (Å²) in [4.78, 5) is 0. The molecule has 1 aromatic carbocycles. The van der Waals surface area contributed by atoms with Gasteiger partial charge in [0.15, 0.2) is 6.29 Å². The zero-order chi connectivity index (χ0) is 17.0. The lowest BCUT2D eigenvalue weighted by Gasteiger charge is -2.22. The molecule has 5 heteroatoms. The third-order valence-electron chi connectivity index (χ3n) is 4.09. The number of aromatic nitrogens is 3. The maximum absolute atomic E-state index is 5.86. The molecule has 0 saturated carbocycles. The van der Waals surface area contributed by atoms with Gasteiger partial charge in [0.25, 0.3) is 0 Å². The highest BCUT2D eigenvalue weighted by Crippen LogP contribution is 2.22. The zero-order valence-corrected chi connectivity index (χ0v) is 14.9. The molecule has 0 aliphatic carbocycles. The average molecular weight is 329 g/mol. The Morgan fingerprint density at radius 3 is 2.67 bits per heavy atom. The molecule has 2 aromatic rings. The minimum Gasteiger partial charge on any atom is -0.353 e. The van der Waals surface area contributed by atoms with Crippen LogP contribution in [0.1, 0.15) is 51.3 Å². The highest BCUT2D eigenvalue weighted by Gasteiger charge is 2.16. The topological polar surface area (TPSA) is 49.2 Å². The maximum Gasteiger partial charge on any atom is 0.158 e. The third-order valence-corrected chi connectivity index (χ3v) is 4.09. The number of benzene rings is 1. The molecule has 0 bridgehead atoms. The standard InChI is InChI=1S/C19H27N3O2/c1-19(2,3)12-15-7-9-16(10-8-15)22-17(13-20-21-22)14-24-18-6-4-5-11-23-18/h7-10,13,18H,4-6,11-12,14H2,1-3H3. The molecule has 1 saturated heterocycles. The van der Waals surface area contributed by atoms with Gasteiger partial charge in [0.2, 0.25) is 0 Å². The smallest absolute Gasteiger partial charge is 0.158 e. The van der Waals surface area contributed by atoms with Gasteiger partial charge < -0.3 is 9.47 Å². The molecule has 1 fully saturated rings. The molecular weight excluding hydrogens is 302 g/mol. The second-order valence-corrected chi connectivity index (χ2v) is 7.65. The molecular formula is C19H27N3O2. The van der Waals surface area contributed by atoms with E-state index in [4.69, 9.17) is 9.47 Å². The largest absolute Gasteiger partial charge is 0.353 e. The SMILES string of the molecule is CC(C)(C)Cc1ccc(-n2nncc2COC2CCCCO2)cc1. The third kappa shape index (κ3) is 4.65. The molecule has 1 atom stereocenters. The summed E-state index contributed by atoms with van der Waals surface area (Å²) in [6, 6.07) is 8.51. The fourth-order valence-corrected chi connectivity index (χ4v) is 2.96. The molecule has 0 amide bonds. The van der Waals surface area contributed by atoms with Crippen LogP contribution < -0.4 is 0 Å². The van der Waals surface area contributed by atoms with Gasteiger partial charge in [-0.05, 0) is 48.8 Å². The van der Waals surface area contributed by atoms with Gasteiger partial charge in [-0.1, -0.05) is 38.1 Å². The summed E-state index contributed by atoms with van der Waals surface area (Å²) >= 11 is 0. The van der Waals surface area contributed by atoms with Crippen LogP contribution in [0.3, 0.4) is 0 Å². The molecule has 5 nitrogen and oxygen atoms in total. The Labute approximate surface area is 144 Å². The van der Waals surface area contributed by atoms with E-state index in [0.717, 1.165) is 43.7 Å². The normalized spacial score (nSPS) is 18.7. The summed E-state index contributed by atoms with van der Waals surface area (Å²) in [5.74, 6) is 0. The molecule has 1 aromatic heterocycles. The molecule has 3 rings (SSSR count). The summed E-state index contributed by atoms with van der Waals surface area (Å²) in [6.07, 6.45) is 5.96. The fraction of sp³-hybridized carbons (Fsp3) is 0.579. The van der Waals surface area contributed by atoms with Crippen molar-refractivity contribution < 1.29 is 9.47 Å². The van der Waals surface area contributed by atoms with E-state index >= 15 is 0 Å². The first-order valence-electron chi connectivity index (χ1n) is 8.73. The summed E-state index contributed by atoms with van der Waals surface area (Å²) in [6.45, 7) is 8.00. The van der Waals surface area contributed by atoms with Gasteiger partial charge in [0.1, 0.15) is 0 Å². The second-order valence-electron chi connectivity index (χ2n) is 7.65. The number of rotatable bonds is 5. The Morgan fingerprint density at radius 2 is 2.00 bits per heavy atom. The Balaban J connectivity index is 1.65. The zero-order valence-electron chi connectivity index (χ0n) is 14.9. The van der Waals surface area contributed by atoms with Crippen LogP contribution in [0.25, 0.3) is 5.69 Å². The summed E-state index contributed by atoms with van der Waals surface area (Å²) < 4.78 is 13.3. The maximum atomic E-state index is 5.86. The monoisotopic (exact) mass is 329 g/mol. The molecule has 0 radical (unpaired) electrons. The van der Waals surface area contributed by atoms with Crippen molar-refractivity contribution in [3.8, 4) is 5.69 Å². The second kappa shape index (κ2) is 7.45. The summed E-state index contributed by atoms with van der Waals surface area (Å²) in [5.41, 5.74) is 3.56. The van der Waals surface area contributed by atoms with Crippen LogP contribution in [0, 0.1) is 5.41 Å². The van der Waals surface area contributed by atoms with Crippen molar-refractivity contribution in [2.75, 3.05) is 6.61 Å². The van der Waals surface area contributed by atoms with Gasteiger partial charge in [-0.3, -0.25) is 0 Å².